The first-order chi connectivity index (χ1) is 10.5. The second-order valence-corrected chi connectivity index (χ2v) is 6.82. The molecule has 0 amide bonds. The smallest absolute Gasteiger partial charge is 0.311 e. The van der Waals surface area contributed by atoms with Gasteiger partial charge in [-0.15, -0.1) is 0 Å². The van der Waals surface area contributed by atoms with Gasteiger partial charge in [-0.3, -0.25) is 19.7 Å². The van der Waals surface area contributed by atoms with Crippen molar-refractivity contribution in [1.29, 1.82) is 0 Å². The van der Waals surface area contributed by atoms with Crippen LogP contribution in [0.5, 0.6) is 5.75 Å². The molecule has 1 rings (SSSR count). The zero-order valence-corrected chi connectivity index (χ0v) is 13.6. The molecule has 9 heteroatoms. The summed E-state index contributed by atoms with van der Waals surface area (Å²) in [6.45, 7) is 3.96. The van der Waals surface area contributed by atoms with Crippen LogP contribution in [0.15, 0.2) is 23.1 Å². The fraction of sp³-hybridized carbons (Fsp3) is 0.385. The van der Waals surface area contributed by atoms with Crippen LogP contribution in [0.3, 0.4) is 0 Å². The van der Waals surface area contributed by atoms with Crippen molar-refractivity contribution in [2.24, 2.45) is 5.92 Å². The zero-order chi connectivity index (χ0) is 16.5. The molecule has 1 aromatic rings. The first-order valence-corrected chi connectivity index (χ1v) is 8.62. The van der Waals surface area contributed by atoms with Crippen molar-refractivity contribution in [3.8, 4) is 5.75 Å². The third kappa shape index (κ3) is 5.94. The monoisotopic (exact) mass is 345 g/mol. The fourth-order valence-electron chi connectivity index (χ4n) is 1.30. The van der Waals surface area contributed by atoms with E-state index in [4.69, 9.17) is 4.74 Å². The maximum Gasteiger partial charge on any atom is 0.311 e. The van der Waals surface area contributed by atoms with Crippen LogP contribution in [-0.4, -0.2) is 29.7 Å². The van der Waals surface area contributed by atoms with Gasteiger partial charge in [0.05, 0.1) is 10.8 Å². The molecule has 1 aromatic carbocycles. The molecule has 0 bridgehead atoms. The van der Waals surface area contributed by atoms with Crippen LogP contribution in [0, 0.1) is 16.0 Å². The average molecular weight is 345 g/mol. The van der Waals surface area contributed by atoms with Crippen molar-refractivity contribution in [3.05, 3.63) is 28.3 Å². The van der Waals surface area contributed by atoms with Crippen LogP contribution >= 0.6 is 21.6 Å². The highest BCUT2D eigenvalue weighted by Crippen LogP contribution is 2.36. The lowest BCUT2D eigenvalue weighted by atomic mass is 10.2. The Morgan fingerprint density at radius 3 is 2.77 bits per heavy atom. The van der Waals surface area contributed by atoms with E-state index in [2.05, 4.69) is 4.74 Å². The summed E-state index contributed by atoms with van der Waals surface area (Å²) in [5.74, 6) is 0.0686. The highest BCUT2D eigenvalue weighted by atomic mass is 33.1. The van der Waals surface area contributed by atoms with E-state index >= 15 is 0 Å². The van der Waals surface area contributed by atoms with E-state index < -0.39 is 4.92 Å². The number of carbonyl (C=O) groups is 2. The molecule has 0 atom stereocenters. The van der Waals surface area contributed by atoms with E-state index in [9.17, 15) is 19.7 Å². The van der Waals surface area contributed by atoms with E-state index in [0.717, 1.165) is 0 Å². The number of ether oxygens (including phenoxy) is 2. The third-order valence-electron chi connectivity index (χ3n) is 2.34. The minimum absolute atomic E-state index is 0.100. The average Bonchev–Trinajstić information content (AvgIpc) is 2.46. The molecule has 0 aliphatic carbocycles. The van der Waals surface area contributed by atoms with E-state index in [-0.39, 0.29) is 29.8 Å². The number of hydrogen-bond acceptors (Lipinski definition) is 8. The second kappa shape index (κ2) is 9.31. The van der Waals surface area contributed by atoms with Gasteiger partial charge in [0.2, 0.25) is 5.75 Å². The molecule has 7 nitrogen and oxygen atoms in total. The number of hydrogen-bond donors (Lipinski definition) is 0. The van der Waals surface area contributed by atoms with Crippen molar-refractivity contribution in [2.45, 2.75) is 18.7 Å². The van der Waals surface area contributed by atoms with Gasteiger partial charge in [0.1, 0.15) is 6.61 Å². The summed E-state index contributed by atoms with van der Waals surface area (Å²) in [7, 11) is 2.77. The molecule has 0 spiro atoms. The molecule has 0 fully saturated rings. The maximum atomic E-state index is 11.2. The van der Waals surface area contributed by atoms with Gasteiger partial charge in [0.15, 0.2) is 0 Å². The molecule has 0 aliphatic heterocycles. The van der Waals surface area contributed by atoms with Crippen LogP contribution in [0.1, 0.15) is 13.8 Å². The van der Waals surface area contributed by atoms with Crippen molar-refractivity contribution < 1.29 is 24.0 Å². The van der Waals surface area contributed by atoms with Crippen LogP contribution < -0.4 is 4.74 Å². The molecule has 0 radical (unpaired) electrons. The number of nitro benzene ring substituents is 1. The van der Waals surface area contributed by atoms with Gasteiger partial charge in [0.25, 0.3) is 6.47 Å². The number of rotatable bonds is 9. The highest BCUT2D eigenvalue weighted by Gasteiger charge is 2.16. The fourth-order valence-corrected chi connectivity index (χ4v) is 3.12. The van der Waals surface area contributed by atoms with Gasteiger partial charge >= 0.3 is 11.7 Å². The van der Waals surface area contributed by atoms with Crippen molar-refractivity contribution >= 4 is 39.7 Å². The minimum atomic E-state index is -0.619. The standard InChI is InChI=1S/C13H15NO6S2/c1-9(2)13(16)19-5-6-21-22-10-3-4-11(14(17)18)12(7-10)20-8-15/h3-4,7-9H,5-6H2,1-2H3. The number of nitrogens with zero attached hydrogens (tertiary/aromatic N) is 1. The van der Waals surface area contributed by atoms with Gasteiger partial charge in [-0.05, 0) is 6.07 Å². The Labute approximate surface area is 135 Å². The summed E-state index contributed by atoms with van der Waals surface area (Å²) in [5.41, 5.74) is -0.271. The molecule has 0 heterocycles. The Bertz CT molecular complexity index is 549. The Hall–Kier alpha value is -1.74. The molecule has 0 unspecified atom stereocenters. The molecule has 0 saturated carbocycles. The van der Waals surface area contributed by atoms with Crippen molar-refractivity contribution in [2.75, 3.05) is 12.4 Å². The molecule has 22 heavy (non-hydrogen) atoms. The van der Waals surface area contributed by atoms with Crippen LogP contribution in [-0.2, 0) is 14.3 Å². The predicted molar refractivity (Wildman–Crippen MR) is 83.9 cm³/mol. The van der Waals surface area contributed by atoms with E-state index in [1.165, 1.54) is 33.7 Å². The van der Waals surface area contributed by atoms with E-state index in [1.54, 1.807) is 19.9 Å². The topological polar surface area (TPSA) is 95.7 Å². The summed E-state index contributed by atoms with van der Waals surface area (Å²) in [5, 5.41) is 10.8. The Morgan fingerprint density at radius 2 is 2.18 bits per heavy atom. The van der Waals surface area contributed by atoms with E-state index in [1.807, 2.05) is 0 Å². The summed E-state index contributed by atoms with van der Waals surface area (Å²) in [4.78, 5) is 32.5. The largest absolute Gasteiger partial charge is 0.465 e. The molecular weight excluding hydrogens is 330 g/mol. The van der Waals surface area contributed by atoms with Crippen LogP contribution in [0.4, 0.5) is 5.69 Å². The molecule has 0 saturated heterocycles. The summed E-state index contributed by atoms with van der Waals surface area (Å²) < 4.78 is 9.63. The van der Waals surface area contributed by atoms with Gasteiger partial charge in [-0.1, -0.05) is 35.4 Å². The third-order valence-corrected chi connectivity index (χ3v) is 4.67. The van der Waals surface area contributed by atoms with Crippen LogP contribution in [0.25, 0.3) is 0 Å². The first-order valence-electron chi connectivity index (χ1n) is 6.30. The van der Waals surface area contributed by atoms with Crippen molar-refractivity contribution in [1.82, 2.24) is 0 Å². The van der Waals surface area contributed by atoms with Crippen LogP contribution in [0.2, 0.25) is 0 Å². The number of nitro groups is 1. The Balaban J connectivity index is 2.49. The maximum absolute atomic E-state index is 11.2. The lowest BCUT2D eigenvalue weighted by Crippen LogP contribution is -2.13. The first kappa shape index (κ1) is 18.3. The summed E-state index contributed by atoms with van der Waals surface area (Å²) in [6, 6.07) is 4.26. The van der Waals surface area contributed by atoms with E-state index in [0.29, 0.717) is 17.3 Å². The lowest BCUT2D eigenvalue weighted by molar-refractivity contribution is -0.385. The quantitative estimate of drug-likeness (QED) is 0.168. The zero-order valence-electron chi connectivity index (χ0n) is 12.0. The molecule has 0 N–H and O–H groups in total. The summed E-state index contributed by atoms with van der Waals surface area (Å²) in [6.07, 6.45) is 0. The second-order valence-electron chi connectivity index (χ2n) is 4.33. The molecule has 0 aromatic heterocycles. The van der Waals surface area contributed by atoms with Gasteiger partial charge in [-0.25, -0.2) is 0 Å². The van der Waals surface area contributed by atoms with Gasteiger partial charge < -0.3 is 9.47 Å². The summed E-state index contributed by atoms with van der Waals surface area (Å²) >= 11 is 0. The normalized spacial score (nSPS) is 10.3. The highest BCUT2D eigenvalue weighted by molar-refractivity contribution is 8.76. The Morgan fingerprint density at radius 1 is 1.45 bits per heavy atom. The Kier molecular flexibility index (Phi) is 7.75. The SMILES string of the molecule is CC(C)C(=O)OCCSSc1ccc([N+](=O)[O-])c(OC=O)c1. The predicted octanol–water partition coefficient (Wildman–Crippen LogP) is 3.07. The molecular formula is C13H15NO6S2. The van der Waals surface area contributed by atoms with Gasteiger partial charge in [0, 0.05) is 22.8 Å². The number of esters is 1. The molecule has 120 valence electrons. The number of carbonyl (C=O) groups excluding carboxylic acids is 2. The minimum Gasteiger partial charge on any atom is -0.465 e. The molecule has 0 aliphatic rings. The number of benzene rings is 1. The van der Waals surface area contributed by atoms with Gasteiger partial charge in [-0.2, -0.15) is 0 Å². The lowest BCUT2D eigenvalue weighted by Gasteiger charge is -2.07. The van der Waals surface area contributed by atoms with Crippen molar-refractivity contribution in [3.63, 3.8) is 0 Å².